The second kappa shape index (κ2) is 5.68. The Morgan fingerprint density at radius 2 is 2.20 bits per heavy atom. The van der Waals surface area contributed by atoms with Gasteiger partial charge in [0.1, 0.15) is 10.5 Å². The van der Waals surface area contributed by atoms with Crippen molar-refractivity contribution in [1.82, 2.24) is 0 Å². The van der Waals surface area contributed by atoms with Gasteiger partial charge < -0.3 is 4.43 Å². The van der Waals surface area contributed by atoms with Gasteiger partial charge >= 0.3 is 0 Å². The Morgan fingerprint density at radius 1 is 1.60 bits per heavy atom. The summed E-state index contributed by atoms with van der Waals surface area (Å²) in [6.45, 7) is 6.46. The molecule has 1 atom stereocenters. The van der Waals surface area contributed by atoms with E-state index in [0.29, 0.717) is 6.10 Å². The standard InChI is InChI=1S/C8H18OSi/c1-4-6-8(5-2)7(3)9-10/h6-7H,4-5H2,1-3,10H3. The zero-order valence-corrected chi connectivity index (χ0v) is 9.48. The van der Waals surface area contributed by atoms with Gasteiger partial charge in [0.15, 0.2) is 0 Å². The van der Waals surface area contributed by atoms with E-state index in [1.165, 1.54) is 5.57 Å². The monoisotopic (exact) mass is 158 g/mol. The lowest BCUT2D eigenvalue weighted by Gasteiger charge is -2.12. The maximum Gasteiger partial charge on any atom is 0.146 e. The molecule has 0 radical (unpaired) electrons. The highest BCUT2D eigenvalue weighted by Gasteiger charge is 2.02. The molecule has 0 rings (SSSR count). The summed E-state index contributed by atoms with van der Waals surface area (Å²) in [5.41, 5.74) is 1.44. The SMILES string of the molecule is CCC=C(CC)C(C)O[SiH3]. The fourth-order valence-corrected chi connectivity index (χ4v) is 1.31. The summed E-state index contributed by atoms with van der Waals surface area (Å²) in [5.74, 6) is 0. The summed E-state index contributed by atoms with van der Waals surface area (Å²) in [5, 5.41) is 0. The molecule has 0 aromatic rings. The molecule has 0 aliphatic rings. The van der Waals surface area contributed by atoms with Crippen LogP contribution in [0.5, 0.6) is 0 Å². The molecule has 0 aliphatic heterocycles. The molecule has 0 aromatic carbocycles. The van der Waals surface area contributed by atoms with Gasteiger partial charge in [-0.25, -0.2) is 0 Å². The molecule has 0 aromatic heterocycles. The van der Waals surface area contributed by atoms with Crippen LogP contribution in [0.1, 0.15) is 33.6 Å². The third-order valence-electron chi connectivity index (χ3n) is 1.75. The highest BCUT2D eigenvalue weighted by Crippen LogP contribution is 2.09. The predicted octanol–water partition coefficient (Wildman–Crippen LogP) is 1.42. The Bertz CT molecular complexity index is 110. The van der Waals surface area contributed by atoms with E-state index in [4.69, 9.17) is 4.43 Å². The minimum Gasteiger partial charge on any atom is -0.422 e. The van der Waals surface area contributed by atoms with Crippen molar-refractivity contribution in [2.75, 3.05) is 0 Å². The molecule has 1 unspecified atom stereocenters. The van der Waals surface area contributed by atoms with Gasteiger partial charge in [-0.3, -0.25) is 0 Å². The van der Waals surface area contributed by atoms with Crippen LogP contribution in [0.2, 0.25) is 0 Å². The lowest BCUT2D eigenvalue weighted by molar-refractivity contribution is 0.279. The molecule has 0 spiro atoms. The van der Waals surface area contributed by atoms with Crippen molar-refractivity contribution in [2.24, 2.45) is 0 Å². The number of hydrogen-bond acceptors (Lipinski definition) is 1. The van der Waals surface area contributed by atoms with Crippen LogP contribution in [0.4, 0.5) is 0 Å². The minimum absolute atomic E-state index is 0.358. The molecule has 0 saturated heterocycles. The van der Waals surface area contributed by atoms with Crippen molar-refractivity contribution < 1.29 is 4.43 Å². The van der Waals surface area contributed by atoms with E-state index < -0.39 is 0 Å². The van der Waals surface area contributed by atoms with Crippen LogP contribution in [0.15, 0.2) is 11.6 Å². The summed E-state index contributed by atoms with van der Waals surface area (Å²) >= 11 is 0. The Kier molecular flexibility index (Phi) is 5.64. The zero-order valence-electron chi connectivity index (χ0n) is 7.48. The third-order valence-corrected chi connectivity index (χ3v) is 2.46. The first-order valence-corrected chi connectivity index (χ1v) is 4.79. The van der Waals surface area contributed by atoms with Crippen LogP contribution in [0, 0.1) is 0 Å². The van der Waals surface area contributed by atoms with E-state index in [-0.39, 0.29) is 0 Å². The molecular formula is C8H18OSi. The molecule has 0 fully saturated rings. The number of rotatable bonds is 4. The quantitative estimate of drug-likeness (QED) is 0.444. The average Bonchev–Trinajstić information content (AvgIpc) is 1.99. The summed E-state index contributed by atoms with van der Waals surface area (Å²) in [4.78, 5) is 0. The lowest BCUT2D eigenvalue weighted by atomic mass is 10.1. The van der Waals surface area contributed by atoms with Gasteiger partial charge in [0.25, 0.3) is 0 Å². The molecule has 0 heterocycles. The molecular weight excluding hydrogens is 140 g/mol. The maximum absolute atomic E-state index is 5.33. The topological polar surface area (TPSA) is 9.23 Å². The first kappa shape index (κ1) is 9.92. The molecule has 0 amide bonds. The normalized spacial score (nSPS) is 15.7. The number of hydrogen-bond donors (Lipinski definition) is 0. The van der Waals surface area contributed by atoms with Crippen molar-refractivity contribution in [2.45, 2.75) is 39.7 Å². The molecule has 2 heteroatoms. The smallest absolute Gasteiger partial charge is 0.146 e. The van der Waals surface area contributed by atoms with Crippen molar-refractivity contribution >= 4 is 10.5 Å². The fourth-order valence-electron chi connectivity index (χ4n) is 1.01. The van der Waals surface area contributed by atoms with E-state index in [9.17, 15) is 0 Å². The average molecular weight is 158 g/mol. The van der Waals surface area contributed by atoms with E-state index in [1.54, 1.807) is 0 Å². The molecule has 0 N–H and O–H groups in total. The molecule has 0 bridgehead atoms. The molecule has 0 saturated carbocycles. The minimum atomic E-state index is 0.358. The molecule has 0 aliphatic carbocycles. The van der Waals surface area contributed by atoms with Crippen molar-refractivity contribution in [3.8, 4) is 0 Å². The van der Waals surface area contributed by atoms with Crippen LogP contribution in [0.3, 0.4) is 0 Å². The predicted molar refractivity (Wildman–Crippen MR) is 49.2 cm³/mol. The Hall–Kier alpha value is -0.0831. The van der Waals surface area contributed by atoms with Crippen molar-refractivity contribution in [3.05, 3.63) is 11.6 Å². The fraction of sp³-hybridized carbons (Fsp3) is 0.750. The Balaban J connectivity index is 3.92. The van der Waals surface area contributed by atoms with E-state index in [1.807, 2.05) is 0 Å². The molecule has 1 nitrogen and oxygen atoms in total. The highest BCUT2D eigenvalue weighted by atomic mass is 28.2. The van der Waals surface area contributed by atoms with Gasteiger partial charge in [-0.1, -0.05) is 19.9 Å². The van der Waals surface area contributed by atoms with Gasteiger partial charge in [0.2, 0.25) is 0 Å². The van der Waals surface area contributed by atoms with Crippen LogP contribution in [0.25, 0.3) is 0 Å². The van der Waals surface area contributed by atoms with Crippen LogP contribution >= 0.6 is 0 Å². The van der Waals surface area contributed by atoms with Crippen molar-refractivity contribution in [1.29, 1.82) is 0 Å². The maximum atomic E-state index is 5.33. The largest absolute Gasteiger partial charge is 0.422 e. The van der Waals surface area contributed by atoms with E-state index in [0.717, 1.165) is 23.3 Å². The first-order valence-electron chi connectivity index (χ1n) is 3.97. The van der Waals surface area contributed by atoms with Crippen LogP contribution < -0.4 is 0 Å². The highest BCUT2D eigenvalue weighted by molar-refractivity contribution is 5.98. The van der Waals surface area contributed by atoms with Gasteiger partial charge in [-0.2, -0.15) is 0 Å². The molecule has 10 heavy (non-hydrogen) atoms. The van der Waals surface area contributed by atoms with E-state index >= 15 is 0 Å². The van der Waals surface area contributed by atoms with Gasteiger partial charge in [0, 0.05) is 0 Å². The third kappa shape index (κ3) is 3.18. The second-order valence-corrected chi connectivity index (χ2v) is 2.89. The lowest BCUT2D eigenvalue weighted by Crippen LogP contribution is -2.08. The summed E-state index contributed by atoms with van der Waals surface area (Å²) in [6.07, 6.45) is 4.87. The Morgan fingerprint density at radius 3 is 2.50 bits per heavy atom. The van der Waals surface area contributed by atoms with E-state index in [2.05, 4.69) is 26.8 Å². The van der Waals surface area contributed by atoms with Crippen LogP contribution in [-0.4, -0.2) is 16.6 Å². The number of allylic oxidation sites excluding steroid dienone is 1. The summed E-state index contributed by atoms with van der Waals surface area (Å²) in [7, 11) is 0.842. The second-order valence-electron chi connectivity index (χ2n) is 2.42. The van der Waals surface area contributed by atoms with Gasteiger partial charge in [0.05, 0.1) is 6.10 Å². The van der Waals surface area contributed by atoms with Crippen LogP contribution in [-0.2, 0) is 4.43 Å². The zero-order chi connectivity index (χ0) is 7.98. The van der Waals surface area contributed by atoms with Crippen molar-refractivity contribution in [3.63, 3.8) is 0 Å². The summed E-state index contributed by atoms with van der Waals surface area (Å²) in [6, 6.07) is 0. The first-order chi connectivity index (χ1) is 4.76. The summed E-state index contributed by atoms with van der Waals surface area (Å²) < 4.78 is 5.33. The molecule has 60 valence electrons. The Labute approximate surface area is 67.0 Å². The van der Waals surface area contributed by atoms with Gasteiger partial charge in [-0.15, -0.1) is 0 Å². The van der Waals surface area contributed by atoms with Gasteiger partial charge in [-0.05, 0) is 25.3 Å².